The van der Waals surface area contributed by atoms with E-state index in [1.54, 1.807) is 0 Å². The molecule has 3 aromatic rings. The van der Waals surface area contributed by atoms with Crippen LogP contribution in [0.25, 0.3) is 28.1 Å². The van der Waals surface area contributed by atoms with Crippen molar-refractivity contribution in [3.8, 4) is 22.5 Å². The molecule has 130 valence electrons. The van der Waals surface area contributed by atoms with Crippen molar-refractivity contribution in [2.24, 2.45) is 0 Å². The van der Waals surface area contributed by atoms with Gasteiger partial charge in [0.15, 0.2) is 0 Å². The van der Waals surface area contributed by atoms with E-state index in [9.17, 15) is 0 Å². The minimum atomic E-state index is 0.986. The average molecular weight is 404 g/mol. The van der Waals surface area contributed by atoms with Gasteiger partial charge in [0.2, 0.25) is 0 Å². The molecule has 0 radical (unpaired) electrons. The second-order valence-corrected chi connectivity index (χ2v) is 6.98. The molecule has 0 aliphatic rings. The quantitative estimate of drug-likeness (QED) is 0.400. The topological polar surface area (TPSA) is 12.9 Å². The first kappa shape index (κ1) is 18.3. The fraction of sp³-hybridized carbons (Fsp3) is 0.125. The lowest BCUT2D eigenvalue weighted by Crippen LogP contribution is -1.93. The Bertz CT molecular complexity index is 922. The molecule has 0 amide bonds. The maximum absolute atomic E-state index is 4.94. The van der Waals surface area contributed by atoms with Crippen molar-refractivity contribution in [3.05, 3.63) is 95.0 Å². The molecule has 3 rings (SSSR count). The summed E-state index contributed by atoms with van der Waals surface area (Å²) in [7, 11) is 0. The van der Waals surface area contributed by atoms with Gasteiger partial charge in [0, 0.05) is 15.6 Å². The molecule has 0 saturated carbocycles. The second-order valence-electron chi connectivity index (χ2n) is 6.07. The van der Waals surface area contributed by atoms with Crippen LogP contribution in [-0.2, 0) is 0 Å². The Balaban J connectivity index is 2.19. The smallest absolute Gasteiger partial charge is 0.0715 e. The number of pyridine rings is 1. The van der Waals surface area contributed by atoms with Gasteiger partial charge in [-0.25, -0.2) is 4.98 Å². The number of aromatic nitrogens is 1. The molecule has 1 heterocycles. The Morgan fingerprint density at radius 3 is 2.12 bits per heavy atom. The number of hydrogen-bond donors (Lipinski definition) is 0. The molecular formula is C24H22BrN. The van der Waals surface area contributed by atoms with Gasteiger partial charge in [0.05, 0.1) is 11.4 Å². The first-order chi connectivity index (χ1) is 12.7. The van der Waals surface area contributed by atoms with E-state index in [0.29, 0.717) is 0 Å². The molecule has 2 aromatic carbocycles. The third-order valence-electron chi connectivity index (χ3n) is 4.14. The van der Waals surface area contributed by atoms with Crippen LogP contribution >= 0.6 is 15.9 Å². The lowest BCUT2D eigenvalue weighted by molar-refractivity contribution is 1.22. The Kier molecular flexibility index (Phi) is 6.19. The number of benzene rings is 2. The summed E-state index contributed by atoms with van der Waals surface area (Å²) in [5, 5.41) is 0. The molecular weight excluding hydrogens is 382 g/mol. The fourth-order valence-electron chi connectivity index (χ4n) is 2.90. The van der Waals surface area contributed by atoms with Crippen molar-refractivity contribution in [2.45, 2.75) is 20.3 Å². The van der Waals surface area contributed by atoms with Crippen LogP contribution < -0.4 is 0 Å². The van der Waals surface area contributed by atoms with Gasteiger partial charge in [-0.05, 0) is 48.7 Å². The summed E-state index contributed by atoms with van der Waals surface area (Å²) in [6.45, 7) is 4.22. The summed E-state index contributed by atoms with van der Waals surface area (Å²) in [6, 6.07) is 23.0. The molecule has 0 N–H and O–H groups in total. The number of halogens is 1. The molecule has 1 aromatic heterocycles. The third-order valence-corrected chi connectivity index (χ3v) is 4.67. The minimum Gasteiger partial charge on any atom is -0.248 e. The van der Waals surface area contributed by atoms with Crippen molar-refractivity contribution >= 4 is 21.5 Å². The van der Waals surface area contributed by atoms with Crippen LogP contribution in [0.15, 0.2) is 89.4 Å². The van der Waals surface area contributed by atoms with E-state index in [4.69, 9.17) is 4.98 Å². The molecule has 2 heteroatoms. The second kappa shape index (κ2) is 8.77. The summed E-state index contributed by atoms with van der Waals surface area (Å²) >= 11 is 3.51. The lowest BCUT2D eigenvalue weighted by atomic mass is 9.99. The van der Waals surface area contributed by atoms with Gasteiger partial charge in [0.1, 0.15) is 0 Å². The molecule has 0 fully saturated rings. The summed E-state index contributed by atoms with van der Waals surface area (Å²) in [6.07, 6.45) is 7.51. The van der Waals surface area contributed by atoms with E-state index in [1.807, 2.05) is 6.07 Å². The summed E-state index contributed by atoms with van der Waals surface area (Å²) < 4.78 is 1.07. The largest absolute Gasteiger partial charge is 0.248 e. The van der Waals surface area contributed by atoms with Gasteiger partial charge >= 0.3 is 0 Å². The van der Waals surface area contributed by atoms with E-state index in [0.717, 1.165) is 33.4 Å². The van der Waals surface area contributed by atoms with Gasteiger partial charge in [-0.2, -0.15) is 0 Å². The fourth-order valence-corrected chi connectivity index (χ4v) is 3.17. The molecule has 0 atom stereocenters. The monoisotopic (exact) mass is 403 g/mol. The van der Waals surface area contributed by atoms with Crippen molar-refractivity contribution in [2.75, 3.05) is 0 Å². The maximum Gasteiger partial charge on any atom is 0.0715 e. The van der Waals surface area contributed by atoms with Crippen LogP contribution in [0, 0.1) is 0 Å². The standard InChI is InChI=1S/C24H22BrN/c1-3-8-18(9-4-2)21-16-23(19-10-6-5-7-11-19)26-24(17-21)20-12-14-22(25)15-13-20/h3,5-17H,4H2,1-2H3/b8-3-,18-9+. The Morgan fingerprint density at radius 2 is 1.54 bits per heavy atom. The highest BCUT2D eigenvalue weighted by molar-refractivity contribution is 9.10. The zero-order valence-electron chi connectivity index (χ0n) is 15.1. The van der Waals surface area contributed by atoms with E-state index in [1.165, 1.54) is 11.1 Å². The normalized spacial score (nSPS) is 11.9. The molecule has 0 saturated heterocycles. The third kappa shape index (κ3) is 4.39. The number of hydrogen-bond acceptors (Lipinski definition) is 1. The van der Waals surface area contributed by atoms with E-state index in [-0.39, 0.29) is 0 Å². The van der Waals surface area contributed by atoms with Crippen molar-refractivity contribution < 1.29 is 0 Å². The molecule has 0 unspecified atom stereocenters. The maximum atomic E-state index is 4.94. The number of allylic oxidation sites excluding steroid dienone is 4. The molecule has 0 aliphatic carbocycles. The molecule has 0 spiro atoms. The van der Waals surface area contributed by atoms with Crippen LogP contribution in [0.4, 0.5) is 0 Å². The van der Waals surface area contributed by atoms with Gasteiger partial charge in [-0.1, -0.05) is 83.5 Å². The molecule has 1 nitrogen and oxygen atoms in total. The van der Waals surface area contributed by atoms with Gasteiger partial charge in [-0.15, -0.1) is 0 Å². The summed E-state index contributed by atoms with van der Waals surface area (Å²) in [4.78, 5) is 4.94. The number of nitrogens with zero attached hydrogens (tertiary/aromatic N) is 1. The molecule has 0 aliphatic heterocycles. The number of rotatable bonds is 5. The predicted octanol–water partition coefficient (Wildman–Crippen LogP) is 7.55. The highest BCUT2D eigenvalue weighted by Crippen LogP contribution is 2.29. The Labute approximate surface area is 164 Å². The summed E-state index contributed by atoms with van der Waals surface area (Å²) in [5.74, 6) is 0. The van der Waals surface area contributed by atoms with E-state index < -0.39 is 0 Å². The highest BCUT2D eigenvalue weighted by Gasteiger charge is 2.09. The average Bonchev–Trinajstić information content (AvgIpc) is 2.69. The van der Waals surface area contributed by atoms with Crippen LogP contribution in [0.5, 0.6) is 0 Å². The van der Waals surface area contributed by atoms with E-state index >= 15 is 0 Å². The van der Waals surface area contributed by atoms with Crippen molar-refractivity contribution in [1.82, 2.24) is 4.98 Å². The highest BCUT2D eigenvalue weighted by atomic mass is 79.9. The zero-order valence-corrected chi connectivity index (χ0v) is 16.7. The predicted molar refractivity (Wildman–Crippen MR) is 116 cm³/mol. The van der Waals surface area contributed by atoms with Crippen molar-refractivity contribution in [1.29, 1.82) is 0 Å². The van der Waals surface area contributed by atoms with Crippen molar-refractivity contribution in [3.63, 3.8) is 0 Å². The molecule has 0 bridgehead atoms. The van der Waals surface area contributed by atoms with Crippen LogP contribution in [0.2, 0.25) is 0 Å². The first-order valence-corrected chi connectivity index (χ1v) is 9.67. The molecule has 26 heavy (non-hydrogen) atoms. The lowest BCUT2D eigenvalue weighted by Gasteiger charge is -2.11. The first-order valence-electron chi connectivity index (χ1n) is 8.88. The van der Waals surface area contributed by atoms with Gasteiger partial charge in [-0.3, -0.25) is 0 Å². The van der Waals surface area contributed by atoms with Gasteiger partial charge in [0.25, 0.3) is 0 Å². The van der Waals surface area contributed by atoms with Crippen LogP contribution in [0.1, 0.15) is 25.8 Å². The van der Waals surface area contributed by atoms with Crippen LogP contribution in [-0.4, -0.2) is 4.98 Å². The minimum absolute atomic E-state index is 0.986. The summed E-state index contributed by atoms with van der Waals surface area (Å²) in [5.41, 5.74) is 6.64. The SMILES string of the molecule is C/C=C\C(=C/CC)c1cc(-c2ccccc2)nc(-c2ccc(Br)cc2)c1. The Hall–Kier alpha value is -2.45. The Morgan fingerprint density at radius 1 is 0.923 bits per heavy atom. The van der Waals surface area contributed by atoms with Crippen LogP contribution in [0.3, 0.4) is 0 Å². The van der Waals surface area contributed by atoms with E-state index in [2.05, 4.69) is 109 Å². The zero-order chi connectivity index (χ0) is 18.4. The van der Waals surface area contributed by atoms with Gasteiger partial charge < -0.3 is 0 Å².